The summed E-state index contributed by atoms with van der Waals surface area (Å²) in [5.41, 5.74) is 1.76. The molecule has 0 radical (unpaired) electrons. The standard InChI is InChI=1S/C19H15ClN4O3/c1-27-19(26)12-6-8-13(9-7-12)21-18(25)16-10-11-17(24-23-16)22-15-5-3-2-4-14(15)20/h2-11H,1H3,(H,21,25)(H,22,24). The lowest BCUT2D eigenvalue weighted by molar-refractivity contribution is 0.0600. The lowest BCUT2D eigenvalue weighted by atomic mass is 10.2. The molecule has 0 unspecified atom stereocenters. The summed E-state index contributed by atoms with van der Waals surface area (Å²) in [6, 6.07) is 16.7. The SMILES string of the molecule is COC(=O)c1ccc(NC(=O)c2ccc(Nc3ccccc3Cl)nn2)cc1. The lowest BCUT2D eigenvalue weighted by Crippen LogP contribution is -2.14. The van der Waals surface area contributed by atoms with Gasteiger partial charge in [0.1, 0.15) is 0 Å². The maximum atomic E-state index is 12.3. The molecule has 7 nitrogen and oxygen atoms in total. The number of esters is 1. The third kappa shape index (κ3) is 4.59. The number of aromatic nitrogens is 2. The monoisotopic (exact) mass is 382 g/mol. The summed E-state index contributed by atoms with van der Waals surface area (Å²) in [6.45, 7) is 0. The van der Waals surface area contributed by atoms with E-state index in [0.29, 0.717) is 27.8 Å². The van der Waals surface area contributed by atoms with Gasteiger partial charge in [-0.15, -0.1) is 10.2 Å². The number of carbonyl (C=O) groups excluding carboxylic acids is 2. The van der Waals surface area contributed by atoms with E-state index in [-0.39, 0.29) is 5.69 Å². The molecular formula is C19H15ClN4O3. The van der Waals surface area contributed by atoms with E-state index in [2.05, 4.69) is 25.6 Å². The predicted octanol–water partition coefficient (Wildman–Crippen LogP) is 3.91. The quantitative estimate of drug-likeness (QED) is 0.650. The number of anilines is 3. The molecule has 0 bridgehead atoms. The normalized spacial score (nSPS) is 10.1. The minimum Gasteiger partial charge on any atom is -0.465 e. The van der Waals surface area contributed by atoms with Gasteiger partial charge in [-0.2, -0.15) is 0 Å². The first-order chi connectivity index (χ1) is 13.1. The molecule has 2 aromatic carbocycles. The van der Waals surface area contributed by atoms with Gasteiger partial charge in [0.05, 0.1) is 23.4 Å². The number of hydrogen-bond donors (Lipinski definition) is 2. The zero-order valence-corrected chi connectivity index (χ0v) is 15.0. The second kappa shape index (κ2) is 8.29. The van der Waals surface area contributed by atoms with Gasteiger partial charge in [-0.1, -0.05) is 23.7 Å². The van der Waals surface area contributed by atoms with E-state index in [1.54, 1.807) is 42.5 Å². The summed E-state index contributed by atoms with van der Waals surface area (Å²) >= 11 is 6.08. The number of benzene rings is 2. The van der Waals surface area contributed by atoms with Gasteiger partial charge in [0, 0.05) is 5.69 Å². The average molecular weight is 383 g/mol. The van der Waals surface area contributed by atoms with Crippen LogP contribution in [0.15, 0.2) is 60.7 Å². The Morgan fingerprint density at radius 1 is 0.963 bits per heavy atom. The second-order valence-corrected chi connectivity index (χ2v) is 5.84. The van der Waals surface area contributed by atoms with Gasteiger partial charge in [-0.3, -0.25) is 4.79 Å². The number of hydrogen-bond acceptors (Lipinski definition) is 6. The van der Waals surface area contributed by atoms with E-state index in [9.17, 15) is 9.59 Å². The number of ether oxygens (including phenoxy) is 1. The van der Waals surface area contributed by atoms with Crippen LogP contribution < -0.4 is 10.6 Å². The van der Waals surface area contributed by atoms with E-state index < -0.39 is 11.9 Å². The zero-order valence-electron chi connectivity index (χ0n) is 14.3. The highest BCUT2D eigenvalue weighted by molar-refractivity contribution is 6.33. The number of methoxy groups -OCH3 is 1. The van der Waals surface area contributed by atoms with Crippen LogP contribution in [0.25, 0.3) is 0 Å². The Morgan fingerprint density at radius 2 is 1.70 bits per heavy atom. The lowest BCUT2D eigenvalue weighted by Gasteiger charge is -2.08. The largest absolute Gasteiger partial charge is 0.465 e. The van der Waals surface area contributed by atoms with Gasteiger partial charge in [-0.05, 0) is 48.5 Å². The topological polar surface area (TPSA) is 93.2 Å². The number of nitrogens with one attached hydrogen (secondary N) is 2. The van der Waals surface area contributed by atoms with Crippen molar-refractivity contribution in [3.05, 3.63) is 76.9 Å². The third-order valence-electron chi connectivity index (χ3n) is 3.60. The van der Waals surface area contributed by atoms with Crippen LogP contribution in [0.2, 0.25) is 5.02 Å². The van der Waals surface area contributed by atoms with Crippen LogP contribution in [-0.4, -0.2) is 29.2 Å². The Balaban J connectivity index is 1.65. The minimum atomic E-state index is -0.444. The van der Waals surface area contributed by atoms with Gasteiger partial charge < -0.3 is 15.4 Å². The molecule has 136 valence electrons. The molecule has 8 heteroatoms. The van der Waals surface area contributed by atoms with Gasteiger partial charge >= 0.3 is 5.97 Å². The molecule has 0 aliphatic heterocycles. The van der Waals surface area contributed by atoms with Crippen molar-refractivity contribution in [1.29, 1.82) is 0 Å². The minimum absolute atomic E-state index is 0.150. The van der Waals surface area contributed by atoms with E-state index in [4.69, 9.17) is 11.6 Å². The first-order valence-electron chi connectivity index (χ1n) is 7.92. The highest BCUT2D eigenvalue weighted by Crippen LogP contribution is 2.23. The second-order valence-electron chi connectivity index (χ2n) is 5.43. The molecule has 0 aliphatic carbocycles. The maximum absolute atomic E-state index is 12.3. The average Bonchev–Trinajstić information content (AvgIpc) is 2.70. The fraction of sp³-hybridized carbons (Fsp3) is 0.0526. The molecule has 2 N–H and O–H groups in total. The molecule has 0 saturated carbocycles. The van der Waals surface area contributed by atoms with Crippen LogP contribution in [0, 0.1) is 0 Å². The summed E-state index contributed by atoms with van der Waals surface area (Å²) in [5.74, 6) is -0.403. The van der Waals surface area contributed by atoms with Crippen LogP contribution in [0.3, 0.4) is 0 Å². The Kier molecular flexibility index (Phi) is 5.63. The van der Waals surface area contributed by atoms with Crippen LogP contribution in [0.5, 0.6) is 0 Å². The maximum Gasteiger partial charge on any atom is 0.337 e. The Morgan fingerprint density at radius 3 is 2.33 bits per heavy atom. The molecule has 1 aromatic heterocycles. The van der Waals surface area contributed by atoms with E-state index in [1.165, 1.54) is 7.11 Å². The van der Waals surface area contributed by atoms with Crippen molar-refractivity contribution in [2.45, 2.75) is 0 Å². The highest BCUT2D eigenvalue weighted by atomic mass is 35.5. The van der Waals surface area contributed by atoms with Crippen molar-refractivity contribution in [3.8, 4) is 0 Å². The molecule has 27 heavy (non-hydrogen) atoms. The summed E-state index contributed by atoms with van der Waals surface area (Å²) in [5, 5.41) is 14.2. The smallest absolute Gasteiger partial charge is 0.337 e. The molecule has 0 aliphatic rings. The molecular weight excluding hydrogens is 368 g/mol. The van der Waals surface area contributed by atoms with Crippen LogP contribution >= 0.6 is 11.6 Å². The summed E-state index contributed by atoms with van der Waals surface area (Å²) < 4.78 is 4.63. The predicted molar refractivity (Wildman–Crippen MR) is 103 cm³/mol. The summed E-state index contributed by atoms with van der Waals surface area (Å²) in [7, 11) is 1.31. The molecule has 0 atom stereocenters. The number of para-hydroxylation sites is 1. The fourth-order valence-corrected chi connectivity index (χ4v) is 2.41. The van der Waals surface area contributed by atoms with Gasteiger partial charge in [0.15, 0.2) is 11.5 Å². The van der Waals surface area contributed by atoms with E-state index in [0.717, 1.165) is 0 Å². The van der Waals surface area contributed by atoms with Crippen molar-refractivity contribution < 1.29 is 14.3 Å². The van der Waals surface area contributed by atoms with Crippen LogP contribution in [0.1, 0.15) is 20.8 Å². The molecule has 1 amide bonds. The van der Waals surface area contributed by atoms with Crippen molar-refractivity contribution in [2.24, 2.45) is 0 Å². The van der Waals surface area contributed by atoms with Crippen LogP contribution in [-0.2, 0) is 4.74 Å². The zero-order chi connectivity index (χ0) is 19.2. The van der Waals surface area contributed by atoms with Gasteiger partial charge in [0.2, 0.25) is 0 Å². The van der Waals surface area contributed by atoms with Crippen LogP contribution in [0.4, 0.5) is 17.2 Å². The first-order valence-corrected chi connectivity index (χ1v) is 8.29. The van der Waals surface area contributed by atoms with Crippen molar-refractivity contribution >= 4 is 40.7 Å². The van der Waals surface area contributed by atoms with E-state index in [1.807, 2.05) is 18.2 Å². The number of amides is 1. The van der Waals surface area contributed by atoms with Gasteiger partial charge in [-0.25, -0.2) is 4.79 Å². The fourth-order valence-electron chi connectivity index (χ4n) is 2.22. The highest BCUT2D eigenvalue weighted by Gasteiger charge is 2.10. The van der Waals surface area contributed by atoms with Crippen molar-refractivity contribution in [3.63, 3.8) is 0 Å². The number of rotatable bonds is 5. The third-order valence-corrected chi connectivity index (χ3v) is 3.93. The Hall–Kier alpha value is -3.45. The first kappa shape index (κ1) is 18.3. The molecule has 0 fully saturated rings. The molecule has 0 saturated heterocycles. The van der Waals surface area contributed by atoms with Crippen molar-refractivity contribution in [1.82, 2.24) is 10.2 Å². The Labute approximate surface area is 160 Å². The van der Waals surface area contributed by atoms with Crippen molar-refractivity contribution in [2.75, 3.05) is 17.7 Å². The molecule has 0 spiro atoms. The number of carbonyl (C=O) groups is 2. The van der Waals surface area contributed by atoms with E-state index >= 15 is 0 Å². The summed E-state index contributed by atoms with van der Waals surface area (Å²) in [4.78, 5) is 23.7. The summed E-state index contributed by atoms with van der Waals surface area (Å²) in [6.07, 6.45) is 0. The molecule has 3 aromatic rings. The van der Waals surface area contributed by atoms with Gasteiger partial charge in [0.25, 0.3) is 5.91 Å². The number of halogens is 1. The molecule has 1 heterocycles. The Bertz CT molecular complexity index is 959. The molecule has 3 rings (SSSR count). The number of nitrogens with zero attached hydrogens (tertiary/aromatic N) is 2.